The van der Waals surface area contributed by atoms with Gasteiger partial charge >= 0.3 is 6.09 Å². The third-order valence-corrected chi connectivity index (χ3v) is 4.21. The highest BCUT2D eigenvalue weighted by atomic mass is 16.6. The van der Waals surface area contributed by atoms with E-state index in [1.165, 1.54) is 0 Å². The fourth-order valence-electron chi connectivity index (χ4n) is 2.94. The van der Waals surface area contributed by atoms with E-state index in [1.807, 2.05) is 25.1 Å². The summed E-state index contributed by atoms with van der Waals surface area (Å²) in [5.74, 6) is 0.833. The normalized spacial score (nSPS) is 15.0. The molecule has 1 aliphatic rings. The van der Waals surface area contributed by atoms with Crippen LogP contribution in [0, 0.1) is 6.92 Å². The van der Waals surface area contributed by atoms with E-state index in [0.717, 1.165) is 29.7 Å². The molecule has 2 amide bonds. The Labute approximate surface area is 143 Å². The number of rotatable bonds is 5. The smallest absolute Gasteiger partial charge is 0.409 e. The van der Waals surface area contributed by atoms with E-state index >= 15 is 0 Å². The number of benzene rings is 1. The van der Waals surface area contributed by atoms with Crippen molar-refractivity contribution in [1.29, 1.82) is 0 Å². The average Bonchev–Trinajstić information content (AvgIpc) is 2.56. The molecule has 1 aromatic rings. The number of hydrogen-bond donors (Lipinski definition) is 1. The molecule has 1 heterocycles. The molecule has 1 aliphatic heterocycles. The summed E-state index contributed by atoms with van der Waals surface area (Å²) < 4.78 is 10.2. The Morgan fingerprint density at radius 3 is 2.58 bits per heavy atom. The monoisotopic (exact) mass is 334 g/mol. The number of likely N-dealkylation sites (tertiary alicyclic amines) is 1. The number of methoxy groups -OCH3 is 1. The molecule has 0 bridgehead atoms. The van der Waals surface area contributed by atoms with Crippen molar-refractivity contribution >= 4 is 12.0 Å². The molecular weight excluding hydrogens is 308 g/mol. The van der Waals surface area contributed by atoms with E-state index in [0.29, 0.717) is 26.1 Å². The third-order valence-electron chi connectivity index (χ3n) is 4.21. The van der Waals surface area contributed by atoms with Crippen LogP contribution in [0.15, 0.2) is 18.2 Å². The van der Waals surface area contributed by atoms with Crippen molar-refractivity contribution in [3.63, 3.8) is 0 Å². The third kappa shape index (κ3) is 4.88. The molecule has 0 aromatic heterocycles. The van der Waals surface area contributed by atoms with Crippen LogP contribution in [-0.2, 0) is 16.0 Å². The minimum Gasteiger partial charge on any atom is -0.496 e. The van der Waals surface area contributed by atoms with E-state index in [1.54, 1.807) is 18.9 Å². The van der Waals surface area contributed by atoms with E-state index < -0.39 is 0 Å². The highest BCUT2D eigenvalue weighted by Gasteiger charge is 2.24. The van der Waals surface area contributed by atoms with Crippen molar-refractivity contribution in [2.45, 2.75) is 39.2 Å². The van der Waals surface area contributed by atoms with E-state index in [-0.39, 0.29) is 18.0 Å². The Bertz CT molecular complexity index is 580. The van der Waals surface area contributed by atoms with Gasteiger partial charge in [0.2, 0.25) is 5.91 Å². The molecule has 0 atom stereocenters. The van der Waals surface area contributed by atoms with Crippen LogP contribution in [0.3, 0.4) is 0 Å². The summed E-state index contributed by atoms with van der Waals surface area (Å²) in [6, 6.07) is 5.88. The summed E-state index contributed by atoms with van der Waals surface area (Å²) in [6.07, 6.45) is 1.59. The summed E-state index contributed by atoms with van der Waals surface area (Å²) in [7, 11) is 1.64. The quantitative estimate of drug-likeness (QED) is 0.897. The predicted octanol–water partition coefficient (Wildman–Crippen LogP) is 2.28. The zero-order chi connectivity index (χ0) is 17.5. The Kier molecular flexibility index (Phi) is 6.46. The summed E-state index contributed by atoms with van der Waals surface area (Å²) in [5.41, 5.74) is 1.99. The van der Waals surface area contributed by atoms with Crippen molar-refractivity contribution in [3.8, 4) is 5.75 Å². The minimum atomic E-state index is -0.268. The van der Waals surface area contributed by atoms with Crippen LogP contribution in [0.2, 0.25) is 0 Å². The first-order valence-electron chi connectivity index (χ1n) is 8.38. The molecule has 1 fully saturated rings. The minimum absolute atomic E-state index is 0.00847. The molecule has 6 nitrogen and oxygen atoms in total. The number of carbonyl (C=O) groups is 2. The summed E-state index contributed by atoms with van der Waals surface area (Å²) >= 11 is 0. The van der Waals surface area contributed by atoms with Gasteiger partial charge in [0.05, 0.1) is 20.1 Å². The van der Waals surface area contributed by atoms with Gasteiger partial charge in [-0.25, -0.2) is 4.79 Å². The summed E-state index contributed by atoms with van der Waals surface area (Å²) in [6.45, 7) is 5.38. The first-order chi connectivity index (χ1) is 11.5. The van der Waals surface area contributed by atoms with E-state index in [2.05, 4.69) is 5.32 Å². The maximum Gasteiger partial charge on any atom is 0.409 e. The lowest BCUT2D eigenvalue weighted by molar-refractivity contribution is -0.121. The number of amides is 2. The molecule has 1 N–H and O–H groups in total. The number of piperidine rings is 1. The van der Waals surface area contributed by atoms with Gasteiger partial charge in [0, 0.05) is 19.1 Å². The van der Waals surface area contributed by atoms with Crippen molar-refractivity contribution < 1.29 is 19.1 Å². The van der Waals surface area contributed by atoms with Crippen LogP contribution in [0.4, 0.5) is 4.79 Å². The van der Waals surface area contributed by atoms with Gasteiger partial charge in [0.25, 0.3) is 0 Å². The van der Waals surface area contributed by atoms with Crippen LogP contribution < -0.4 is 10.1 Å². The van der Waals surface area contributed by atoms with Crippen LogP contribution >= 0.6 is 0 Å². The van der Waals surface area contributed by atoms with Gasteiger partial charge in [0.1, 0.15) is 5.75 Å². The second-order valence-electron chi connectivity index (χ2n) is 6.01. The summed E-state index contributed by atoms with van der Waals surface area (Å²) in [4.78, 5) is 25.6. The number of aryl methyl sites for hydroxylation is 1. The molecule has 1 aromatic carbocycles. The van der Waals surface area contributed by atoms with E-state index in [9.17, 15) is 9.59 Å². The Hall–Kier alpha value is -2.24. The Morgan fingerprint density at radius 2 is 2.00 bits per heavy atom. The van der Waals surface area contributed by atoms with Crippen LogP contribution in [0.25, 0.3) is 0 Å². The fraction of sp³-hybridized carbons (Fsp3) is 0.556. The van der Waals surface area contributed by atoms with Crippen LogP contribution in [0.1, 0.15) is 30.9 Å². The molecular formula is C18H26N2O4. The SMILES string of the molecule is CCOC(=O)N1CCC(NC(=O)Cc2ccc(OC)c(C)c2)CC1. The summed E-state index contributed by atoms with van der Waals surface area (Å²) in [5, 5.41) is 3.06. The molecule has 2 rings (SSSR count). The molecule has 24 heavy (non-hydrogen) atoms. The van der Waals surface area contributed by atoms with Gasteiger partial charge in [-0.3, -0.25) is 4.79 Å². The molecule has 1 saturated heterocycles. The van der Waals surface area contributed by atoms with Crippen molar-refractivity contribution in [3.05, 3.63) is 29.3 Å². The molecule has 0 radical (unpaired) electrons. The van der Waals surface area contributed by atoms with Crippen LogP contribution in [-0.4, -0.2) is 49.7 Å². The number of carbonyl (C=O) groups excluding carboxylic acids is 2. The number of nitrogens with one attached hydrogen (secondary N) is 1. The van der Waals surface area contributed by atoms with Gasteiger partial charge in [-0.1, -0.05) is 12.1 Å². The highest BCUT2D eigenvalue weighted by Crippen LogP contribution is 2.19. The predicted molar refractivity (Wildman–Crippen MR) is 91.2 cm³/mol. The zero-order valence-corrected chi connectivity index (χ0v) is 14.6. The first kappa shape index (κ1) is 18.1. The topological polar surface area (TPSA) is 67.9 Å². The molecule has 0 unspecified atom stereocenters. The number of nitrogens with zero attached hydrogens (tertiary/aromatic N) is 1. The number of ether oxygens (including phenoxy) is 2. The van der Waals surface area contributed by atoms with E-state index in [4.69, 9.17) is 9.47 Å². The second-order valence-corrected chi connectivity index (χ2v) is 6.01. The van der Waals surface area contributed by atoms with Gasteiger partial charge in [-0.05, 0) is 43.9 Å². The molecule has 132 valence electrons. The maximum absolute atomic E-state index is 12.2. The van der Waals surface area contributed by atoms with Crippen LogP contribution in [0.5, 0.6) is 5.75 Å². The highest BCUT2D eigenvalue weighted by molar-refractivity contribution is 5.79. The Balaban J connectivity index is 1.79. The van der Waals surface area contributed by atoms with Crippen molar-refractivity contribution in [2.24, 2.45) is 0 Å². The number of hydrogen-bond acceptors (Lipinski definition) is 4. The second kappa shape index (κ2) is 8.57. The zero-order valence-electron chi connectivity index (χ0n) is 14.6. The van der Waals surface area contributed by atoms with Gasteiger partial charge in [0.15, 0.2) is 0 Å². The lowest BCUT2D eigenvalue weighted by atomic mass is 10.0. The van der Waals surface area contributed by atoms with Gasteiger partial charge in [-0.2, -0.15) is 0 Å². The molecule has 6 heteroatoms. The fourth-order valence-corrected chi connectivity index (χ4v) is 2.94. The molecule has 0 saturated carbocycles. The van der Waals surface area contributed by atoms with Crippen molar-refractivity contribution in [2.75, 3.05) is 26.8 Å². The van der Waals surface area contributed by atoms with Crippen molar-refractivity contribution in [1.82, 2.24) is 10.2 Å². The maximum atomic E-state index is 12.2. The molecule has 0 spiro atoms. The Morgan fingerprint density at radius 1 is 1.29 bits per heavy atom. The standard InChI is InChI=1S/C18H26N2O4/c1-4-24-18(22)20-9-7-15(8-10-20)19-17(21)12-14-5-6-16(23-3)13(2)11-14/h5-6,11,15H,4,7-10,12H2,1-3H3,(H,19,21). The average molecular weight is 334 g/mol. The first-order valence-corrected chi connectivity index (χ1v) is 8.38. The van der Waals surface area contributed by atoms with Gasteiger partial charge < -0.3 is 19.7 Å². The lowest BCUT2D eigenvalue weighted by Gasteiger charge is -2.31. The van der Waals surface area contributed by atoms with Gasteiger partial charge in [-0.15, -0.1) is 0 Å². The molecule has 0 aliphatic carbocycles. The largest absolute Gasteiger partial charge is 0.496 e. The lowest BCUT2D eigenvalue weighted by Crippen LogP contribution is -2.47.